The van der Waals surface area contributed by atoms with Gasteiger partial charge in [0.1, 0.15) is 29.4 Å². The minimum absolute atomic E-state index is 0.179. The van der Waals surface area contributed by atoms with E-state index in [0.29, 0.717) is 11.3 Å². The molecule has 34 heavy (non-hydrogen) atoms. The number of benzene rings is 2. The number of methoxy groups -OCH3 is 2. The Morgan fingerprint density at radius 2 is 1.76 bits per heavy atom. The lowest BCUT2D eigenvalue weighted by molar-refractivity contribution is -0.141. The highest BCUT2D eigenvalue weighted by molar-refractivity contribution is 6.18. The van der Waals surface area contributed by atoms with Gasteiger partial charge in [0.05, 0.1) is 20.8 Å². The van der Waals surface area contributed by atoms with Crippen LogP contribution in [0.5, 0.6) is 0 Å². The molecule has 9 heteroatoms. The third-order valence-electron chi connectivity index (χ3n) is 5.89. The van der Waals surface area contributed by atoms with Gasteiger partial charge in [-0.3, -0.25) is 9.59 Å². The quantitative estimate of drug-likeness (QED) is 0.673. The first-order valence-corrected chi connectivity index (χ1v) is 10.3. The first-order valence-electron chi connectivity index (χ1n) is 10.3. The molecular weight excluding hydrogens is 438 g/mol. The van der Waals surface area contributed by atoms with Crippen molar-refractivity contribution in [2.75, 3.05) is 19.1 Å². The molecule has 9 nitrogen and oxygen atoms in total. The fraction of sp³-hybridized carbons (Fsp3) is 0.200. The summed E-state index contributed by atoms with van der Waals surface area (Å²) in [4.78, 5) is 41.0. The van der Waals surface area contributed by atoms with E-state index in [9.17, 15) is 19.6 Å². The molecule has 0 radical (unpaired) electrons. The van der Waals surface area contributed by atoms with Crippen molar-refractivity contribution >= 4 is 23.5 Å². The summed E-state index contributed by atoms with van der Waals surface area (Å²) in [7, 11) is 2.32. The Kier molecular flexibility index (Phi) is 5.82. The Hall–Kier alpha value is -4.58. The van der Waals surface area contributed by atoms with Gasteiger partial charge in [0.2, 0.25) is 11.8 Å². The number of hydrogen-bond acceptors (Lipinski definition) is 8. The van der Waals surface area contributed by atoms with Crippen LogP contribution in [0.25, 0.3) is 0 Å². The molecule has 2 aliphatic rings. The minimum atomic E-state index is -1.95. The zero-order valence-corrected chi connectivity index (χ0v) is 18.5. The number of nitriles is 1. The molecule has 2 aromatic rings. The third kappa shape index (κ3) is 3.28. The van der Waals surface area contributed by atoms with E-state index in [0.717, 1.165) is 12.7 Å². The van der Waals surface area contributed by atoms with Gasteiger partial charge in [-0.1, -0.05) is 48.5 Å². The molecule has 0 saturated heterocycles. The number of hydrogen-bond donors (Lipinski definition) is 1. The monoisotopic (exact) mass is 459 g/mol. The second kappa shape index (κ2) is 8.75. The summed E-state index contributed by atoms with van der Waals surface area (Å²) in [6, 6.07) is 18.0. The first-order chi connectivity index (χ1) is 16.4. The Morgan fingerprint density at radius 3 is 2.41 bits per heavy atom. The van der Waals surface area contributed by atoms with Gasteiger partial charge in [-0.2, -0.15) is 5.26 Å². The number of nitrogens with two attached hydrogens (primary N) is 1. The van der Waals surface area contributed by atoms with Gasteiger partial charge in [0.15, 0.2) is 5.41 Å². The molecule has 2 N–H and O–H groups in total. The second-order valence-electron chi connectivity index (χ2n) is 7.64. The van der Waals surface area contributed by atoms with E-state index < -0.39 is 29.7 Å². The van der Waals surface area contributed by atoms with Crippen LogP contribution in [0.4, 0.5) is 5.69 Å². The first kappa shape index (κ1) is 22.6. The average molecular weight is 459 g/mol. The number of para-hydroxylation sites is 1. The van der Waals surface area contributed by atoms with Crippen molar-refractivity contribution in [2.45, 2.75) is 18.4 Å². The van der Waals surface area contributed by atoms with E-state index in [4.69, 9.17) is 19.9 Å². The zero-order chi connectivity index (χ0) is 24.5. The van der Waals surface area contributed by atoms with Gasteiger partial charge in [0.25, 0.3) is 0 Å². The summed E-state index contributed by atoms with van der Waals surface area (Å²) >= 11 is 0. The van der Waals surface area contributed by atoms with E-state index in [2.05, 4.69) is 0 Å². The molecule has 1 atom stereocenters. The predicted octanol–water partition coefficient (Wildman–Crippen LogP) is 2.19. The van der Waals surface area contributed by atoms with Crippen LogP contribution in [-0.4, -0.2) is 32.1 Å². The molecular formula is C25H21N3O6. The maximum absolute atomic E-state index is 14.3. The van der Waals surface area contributed by atoms with Crippen molar-refractivity contribution in [1.82, 2.24) is 0 Å². The van der Waals surface area contributed by atoms with Crippen LogP contribution < -0.4 is 10.6 Å². The van der Waals surface area contributed by atoms with E-state index in [1.54, 1.807) is 24.3 Å². The smallest absolute Gasteiger partial charge is 0.339 e. The zero-order valence-electron chi connectivity index (χ0n) is 18.5. The molecule has 2 heterocycles. The fourth-order valence-corrected chi connectivity index (χ4v) is 4.45. The highest BCUT2D eigenvalue weighted by Gasteiger charge is 2.62. The number of rotatable bonds is 5. The van der Waals surface area contributed by atoms with Gasteiger partial charge in [0, 0.05) is 11.3 Å². The average Bonchev–Trinajstić information content (AvgIpc) is 3.08. The van der Waals surface area contributed by atoms with Gasteiger partial charge in [-0.05, 0) is 11.6 Å². The number of ether oxygens (including phenoxy) is 3. The van der Waals surface area contributed by atoms with Gasteiger partial charge >= 0.3 is 11.9 Å². The van der Waals surface area contributed by atoms with Crippen molar-refractivity contribution in [1.29, 1.82) is 5.26 Å². The van der Waals surface area contributed by atoms with Crippen LogP contribution in [0.2, 0.25) is 0 Å². The largest absolute Gasteiger partial charge is 0.469 e. The van der Waals surface area contributed by atoms with Crippen LogP contribution in [0, 0.1) is 11.3 Å². The number of nitrogens with zero attached hydrogens (tertiary/aromatic N) is 2. The maximum atomic E-state index is 14.3. The molecule has 1 spiro atoms. The molecule has 172 valence electrons. The normalized spacial score (nSPS) is 19.0. The van der Waals surface area contributed by atoms with Crippen molar-refractivity contribution in [3.63, 3.8) is 0 Å². The summed E-state index contributed by atoms with van der Waals surface area (Å²) in [6.07, 6.45) is -0.490. The van der Waals surface area contributed by atoms with Gasteiger partial charge < -0.3 is 24.8 Å². The molecule has 4 rings (SSSR count). The van der Waals surface area contributed by atoms with Crippen molar-refractivity contribution in [3.8, 4) is 6.07 Å². The number of fused-ring (bicyclic) bond motifs is 2. The van der Waals surface area contributed by atoms with E-state index in [1.807, 2.05) is 36.4 Å². The lowest BCUT2D eigenvalue weighted by atomic mass is 9.68. The van der Waals surface area contributed by atoms with Crippen molar-refractivity contribution in [2.24, 2.45) is 5.73 Å². The fourth-order valence-electron chi connectivity index (χ4n) is 4.45. The lowest BCUT2D eigenvalue weighted by Crippen LogP contribution is -2.48. The molecule has 0 bridgehead atoms. The van der Waals surface area contributed by atoms with Crippen LogP contribution >= 0.6 is 0 Å². The number of esters is 2. The number of anilines is 1. The topological polar surface area (TPSA) is 132 Å². The highest BCUT2D eigenvalue weighted by atomic mass is 16.5. The van der Waals surface area contributed by atoms with Crippen LogP contribution in [-0.2, 0) is 40.6 Å². The SMILES string of the molecule is COC(=O)CC1=C(C(=O)OC)C2(C(=O)N(Cc3ccccc3)c3ccccc32)C(C#N)=C(N)O1. The molecule has 1 amide bonds. The Balaban J connectivity index is 2.03. The molecule has 0 aromatic heterocycles. The van der Waals surface area contributed by atoms with E-state index in [1.165, 1.54) is 12.0 Å². The Morgan fingerprint density at radius 1 is 1.09 bits per heavy atom. The molecule has 2 aliphatic heterocycles. The summed E-state index contributed by atoms with van der Waals surface area (Å²) in [6.45, 7) is 0.179. The molecule has 0 saturated carbocycles. The summed E-state index contributed by atoms with van der Waals surface area (Å²) in [5.41, 5.74) is 5.32. The maximum Gasteiger partial charge on any atom is 0.339 e. The Labute approximate surface area is 195 Å². The van der Waals surface area contributed by atoms with E-state index >= 15 is 0 Å². The second-order valence-corrected chi connectivity index (χ2v) is 7.64. The number of carbonyl (C=O) groups excluding carboxylic acids is 3. The summed E-state index contributed by atoms with van der Waals surface area (Å²) in [5.74, 6) is -2.81. The lowest BCUT2D eigenvalue weighted by Gasteiger charge is -2.35. The molecule has 0 aliphatic carbocycles. The minimum Gasteiger partial charge on any atom is -0.469 e. The van der Waals surface area contributed by atoms with Crippen LogP contribution in [0.1, 0.15) is 17.5 Å². The van der Waals surface area contributed by atoms with Crippen LogP contribution in [0.3, 0.4) is 0 Å². The molecule has 2 aromatic carbocycles. The molecule has 1 unspecified atom stereocenters. The van der Waals surface area contributed by atoms with E-state index in [-0.39, 0.29) is 29.3 Å². The van der Waals surface area contributed by atoms with Crippen molar-refractivity contribution < 1.29 is 28.6 Å². The highest BCUT2D eigenvalue weighted by Crippen LogP contribution is 2.54. The van der Waals surface area contributed by atoms with Gasteiger partial charge in [-0.15, -0.1) is 0 Å². The summed E-state index contributed by atoms with van der Waals surface area (Å²) < 4.78 is 15.3. The molecule has 0 fully saturated rings. The van der Waals surface area contributed by atoms with Crippen LogP contribution in [0.15, 0.2) is 77.4 Å². The number of amides is 1. The standard InChI is InChI=1S/C25H21N3O6/c1-32-20(29)12-19-21(23(30)33-2)25(17(13-26)22(27)34-19)16-10-6-7-11-18(16)28(24(25)31)14-15-8-4-3-5-9-15/h3-11H,12,14,27H2,1-2H3. The summed E-state index contributed by atoms with van der Waals surface area (Å²) in [5, 5.41) is 10.1. The third-order valence-corrected chi connectivity index (χ3v) is 5.89. The Bertz CT molecular complexity index is 1290. The van der Waals surface area contributed by atoms with Crippen molar-refractivity contribution in [3.05, 3.63) is 88.5 Å². The predicted molar refractivity (Wildman–Crippen MR) is 119 cm³/mol. The van der Waals surface area contributed by atoms with Gasteiger partial charge in [-0.25, -0.2) is 4.79 Å². The number of carbonyl (C=O) groups is 3.